The van der Waals surface area contributed by atoms with E-state index in [0.29, 0.717) is 6.61 Å². The van der Waals surface area contributed by atoms with E-state index < -0.39 is 0 Å². The molecular formula is C9H9BrO2S. The Morgan fingerprint density at radius 3 is 3.00 bits per heavy atom. The fourth-order valence-corrected chi connectivity index (χ4v) is 2.16. The lowest BCUT2D eigenvalue weighted by Crippen LogP contribution is -1.98. The van der Waals surface area contributed by atoms with Gasteiger partial charge in [-0.25, -0.2) is 4.79 Å². The molecule has 70 valence electrons. The lowest BCUT2D eigenvalue weighted by Gasteiger charge is -1.93. The third kappa shape index (κ3) is 3.32. The van der Waals surface area contributed by atoms with Crippen LogP contribution in [-0.4, -0.2) is 12.6 Å². The van der Waals surface area contributed by atoms with Crippen molar-refractivity contribution >= 4 is 39.3 Å². The summed E-state index contributed by atoms with van der Waals surface area (Å²) in [6.07, 6.45) is 3.16. The molecule has 1 aromatic heterocycles. The predicted molar refractivity (Wildman–Crippen MR) is 57.7 cm³/mol. The first kappa shape index (κ1) is 10.5. The van der Waals surface area contributed by atoms with Crippen LogP contribution < -0.4 is 0 Å². The van der Waals surface area contributed by atoms with E-state index in [1.165, 1.54) is 6.08 Å². The number of rotatable bonds is 3. The lowest BCUT2D eigenvalue weighted by molar-refractivity contribution is -0.137. The van der Waals surface area contributed by atoms with E-state index in [2.05, 4.69) is 15.9 Å². The maximum absolute atomic E-state index is 10.9. The molecule has 0 atom stereocenters. The molecule has 0 aromatic carbocycles. The highest BCUT2D eigenvalue weighted by Crippen LogP contribution is 2.22. The molecule has 0 aliphatic carbocycles. The number of hydrogen-bond acceptors (Lipinski definition) is 3. The monoisotopic (exact) mass is 260 g/mol. The van der Waals surface area contributed by atoms with Crippen molar-refractivity contribution in [2.75, 3.05) is 6.61 Å². The minimum absolute atomic E-state index is 0.305. The second-order valence-electron chi connectivity index (χ2n) is 2.26. The summed E-state index contributed by atoms with van der Waals surface area (Å²) < 4.78 is 5.74. The van der Waals surface area contributed by atoms with Gasteiger partial charge in [0.15, 0.2) is 0 Å². The molecule has 0 unspecified atom stereocenters. The summed E-state index contributed by atoms with van der Waals surface area (Å²) in [5.41, 5.74) is 0.998. The molecule has 0 spiro atoms. The normalized spacial score (nSPS) is 10.6. The van der Waals surface area contributed by atoms with Gasteiger partial charge in [0.2, 0.25) is 0 Å². The van der Waals surface area contributed by atoms with Gasteiger partial charge in [0, 0.05) is 15.9 Å². The number of carbonyl (C=O) groups is 1. The van der Waals surface area contributed by atoms with E-state index in [0.717, 1.165) is 10.0 Å². The second-order valence-corrected chi connectivity index (χ2v) is 3.86. The van der Waals surface area contributed by atoms with Crippen molar-refractivity contribution in [2.24, 2.45) is 0 Å². The molecule has 0 aliphatic rings. The summed E-state index contributed by atoms with van der Waals surface area (Å²) >= 11 is 4.94. The van der Waals surface area contributed by atoms with Crippen LogP contribution in [-0.2, 0) is 9.53 Å². The van der Waals surface area contributed by atoms with Crippen LogP contribution in [0.1, 0.15) is 12.5 Å². The highest BCUT2D eigenvalue weighted by atomic mass is 79.9. The molecule has 1 heterocycles. The van der Waals surface area contributed by atoms with E-state index in [9.17, 15) is 4.79 Å². The fourth-order valence-electron chi connectivity index (χ4n) is 0.758. The minimum Gasteiger partial charge on any atom is -0.463 e. The number of thiophene rings is 1. The Hall–Kier alpha value is -0.610. The molecule has 0 saturated heterocycles. The summed E-state index contributed by atoms with van der Waals surface area (Å²) in [4.78, 5) is 10.9. The smallest absolute Gasteiger partial charge is 0.330 e. The van der Waals surface area contributed by atoms with E-state index >= 15 is 0 Å². The van der Waals surface area contributed by atoms with Gasteiger partial charge in [-0.1, -0.05) is 0 Å². The van der Waals surface area contributed by atoms with Crippen molar-refractivity contribution in [1.82, 2.24) is 0 Å². The Morgan fingerprint density at radius 2 is 2.46 bits per heavy atom. The van der Waals surface area contributed by atoms with Crippen LogP contribution in [0.2, 0.25) is 0 Å². The van der Waals surface area contributed by atoms with Gasteiger partial charge in [0.25, 0.3) is 0 Å². The van der Waals surface area contributed by atoms with Gasteiger partial charge in [-0.05, 0) is 39.9 Å². The zero-order valence-corrected chi connectivity index (χ0v) is 9.52. The van der Waals surface area contributed by atoms with Gasteiger partial charge in [0.1, 0.15) is 0 Å². The minimum atomic E-state index is -0.305. The number of esters is 1. The Bertz CT molecular complexity index is 317. The lowest BCUT2D eigenvalue weighted by atomic mass is 10.3. The molecule has 0 saturated carbocycles. The number of hydrogen-bond donors (Lipinski definition) is 0. The molecule has 0 aliphatic heterocycles. The zero-order chi connectivity index (χ0) is 9.68. The van der Waals surface area contributed by atoms with Gasteiger partial charge >= 0.3 is 5.97 Å². The Labute approximate surface area is 89.3 Å². The number of halogens is 1. The zero-order valence-electron chi connectivity index (χ0n) is 7.12. The van der Waals surface area contributed by atoms with Crippen molar-refractivity contribution < 1.29 is 9.53 Å². The van der Waals surface area contributed by atoms with Crippen molar-refractivity contribution in [3.63, 3.8) is 0 Å². The molecule has 0 amide bonds. The summed E-state index contributed by atoms with van der Waals surface area (Å²) in [5.74, 6) is -0.305. The van der Waals surface area contributed by atoms with E-state index in [1.807, 2.05) is 10.8 Å². The molecular weight excluding hydrogens is 252 g/mol. The molecule has 1 aromatic rings. The average molecular weight is 261 g/mol. The van der Waals surface area contributed by atoms with Crippen molar-refractivity contribution in [3.8, 4) is 0 Å². The molecule has 2 nitrogen and oxygen atoms in total. The summed E-state index contributed by atoms with van der Waals surface area (Å²) in [6.45, 7) is 2.19. The van der Waals surface area contributed by atoms with Crippen LogP contribution in [0.5, 0.6) is 0 Å². The molecule has 0 radical (unpaired) electrons. The van der Waals surface area contributed by atoms with Gasteiger partial charge in [-0.2, -0.15) is 11.3 Å². The van der Waals surface area contributed by atoms with Crippen LogP contribution in [0.25, 0.3) is 6.08 Å². The van der Waals surface area contributed by atoms with Crippen LogP contribution in [0, 0.1) is 0 Å². The molecule has 1 rings (SSSR count). The third-order valence-electron chi connectivity index (χ3n) is 1.33. The third-order valence-corrected chi connectivity index (χ3v) is 3.08. The fraction of sp³-hybridized carbons (Fsp3) is 0.222. The second kappa shape index (κ2) is 5.19. The highest BCUT2D eigenvalue weighted by Gasteiger charge is 1.97. The molecule has 4 heteroatoms. The van der Waals surface area contributed by atoms with Crippen LogP contribution in [0.3, 0.4) is 0 Å². The van der Waals surface area contributed by atoms with Gasteiger partial charge in [0.05, 0.1) is 6.61 Å². The van der Waals surface area contributed by atoms with Crippen LogP contribution in [0.4, 0.5) is 0 Å². The van der Waals surface area contributed by atoms with E-state index in [4.69, 9.17) is 4.74 Å². The number of ether oxygens (including phenoxy) is 1. The molecule has 0 bridgehead atoms. The van der Waals surface area contributed by atoms with Crippen molar-refractivity contribution in [1.29, 1.82) is 0 Å². The first-order chi connectivity index (χ1) is 6.24. The van der Waals surface area contributed by atoms with E-state index in [1.54, 1.807) is 24.3 Å². The highest BCUT2D eigenvalue weighted by molar-refractivity contribution is 9.10. The molecule has 0 fully saturated rings. The largest absolute Gasteiger partial charge is 0.463 e. The topological polar surface area (TPSA) is 26.3 Å². The average Bonchev–Trinajstić information content (AvgIpc) is 2.48. The van der Waals surface area contributed by atoms with Gasteiger partial charge in [-0.15, -0.1) is 0 Å². The Kier molecular flexibility index (Phi) is 4.18. The quantitative estimate of drug-likeness (QED) is 0.617. The molecule has 0 N–H and O–H groups in total. The Morgan fingerprint density at radius 1 is 1.69 bits per heavy atom. The first-order valence-electron chi connectivity index (χ1n) is 3.80. The van der Waals surface area contributed by atoms with Crippen LogP contribution in [0.15, 0.2) is 21.3 Å². The van der Waals surface area contributed by atoms with Crippen molar-refractivity contribution in [2.45, 2.75) is 6.92 Å². The van der Waals surface area contributed by atoms with Crippen LogP contribution >= 0.6 is 27.3 Å². The van der Waals surface area contributed by atoms with Crippen molar-refractivity contribution in [3.05, 3.63) is 26.9 Å². The first-order valence-corrected chi connectivity index (χ1v) is 5.54. The summed E-state index contributed by atoms with van der Waals surface area (Å²) in [6, 6.07) is 0. The SMILES string of the molecule is CCOC(=O)/C=C\c1cscc1Br. The predicted octanol–water partition coefficient (Wildman–Crippen LogP) is 3.09. The summed E-state index contributed by atoms with van der Waals surface area (Å²) in [7, 11) is 0. The number of carbonyl (C=O) groups excluding carboxylic acids is 1. The Balaban J connectivity index is 2.58. The maximum Gasteiger partial charge on any atom is 0.330 e. The summed E-state index contributed by atoms with van der Waals surface area (Å²) in [5, 5.41) is 3.92. The standard InChI is InChI=1S/C9H9BrO2S/c1-2-12-9(11)4-3-7-5-13-6-8(7)10/h3-6H,2H2,1H3/b4-3-. The molecule has 13 heavy (non-hydrogen) atoms. The van der Waals surface area contributed by atoms with Gasteiger partial charge < -0.3 is 4.74 Å². The van der Waals surface area contributed by atoms with Gasteiger partial charge in [-0.3, -0.25) is 0 Å². The van der Waals surface area contributed by atoms with E-state index in [-0.39, 0.29) is 5.97 Å². The maximum atomic E-state index is 10.9.